The maximum atomic E-state index is 11.1. The summed E-state index contributed by atoms with van der Waals surface area (Å²) in [5.74, 6) is -0.818. The van der Waals surface area contributed by atoms with Crippen LogP contribution in [0.25, 0.3) is 10.8 Å². The maximum absolute atomic E-state index is 11.1. The van der Waals surface area contributed by atoms with Crippen molar-refractivity contribution < 1.29 is 14.8 Å². The average Bonchev–Trinajstić information content (AvgIpc) is 2.40. The molecule has 2 aromatic carbocycles. The van der Waals surface area contributed by atoms with Crippen molar-refractivity contribution in [2.24, 2.45) is 5.10 Å². The molecule has 0 fully saturated rings. The van der Waals surface area contributed by atoms with Gasteiger partial charge in [-0.15, -0.1) is 0 Å². The number of aromatic hydroxyl groups is 1. The number of hydrazone groups is 1. The number of phenolic OH excluding ortho intramolecular Hbond substituents is 1. The number of benzene rings is 2. The number of nitrogens with zero attached hydrogens (tertiary/aromatic N) is 2. The van der Waals surface area contributed by atoms with Gasteiger partial charge in [-0.2, -0.15) is 5.10 Å². The van der Waals surface area contributed by atoms with Crippen molar-refractivity contribution in [2.45, 2.75) is 0 Å². The van der Waals surface area contributed by atoms with Crippen molar-refractivity contribution in [3.8, 4) is 5.75 Å². The predicted molar refractivity (Wildman–Crippen MR) is 73.2 cm³/mol. The van der Waals surface area contributed by atoms with E-state index in [1.807, 2.05) is 23.6 Å². The second-order valence-electron chi connectivity index (χ2n) is 4.00. The Kier molecular flexibility index (Phi) is 3.90. The Morgan fingerprint density at radius 2 is 2.10 bits per heavy atom. The second kappa shape index (κ2) is 5.79. The Morgan fingerprint density at radius 1 is 1.35 bits per heavy atom. The largest absolute Gasteiger partial charge is 0.507 e. The van der Waals surface area contributed by atoms with E-state index in [-0.39, 0.29) is 5.75 Å². The number of nitro groups is 1. The van der Waals surface area contributed by atoms with Gasteiger partial charge in [0.15, 0.2) is 0 Å². The molecule has 0 aromatic heterocycles. The third-order valence-corrected chi connectivity index (χ3v) is 2.60. The number of rotatable bonds is 4. The van der Waals surface area contributed by atoms with Crippen LogP contribution in [-0.4, -0.2) is 28.7 Å². The Hall–Kier alpha value is -2.96. The normalized spacial score (nSPS) is 10.8. The molecule has 102 valence electrons. The lowest BCUT2D eigenvalue weighted by Crippen LogP contribution is -2.25. The molecule has 7 heteroatoms. The van der Waals surface area contributed by atoms with Crippen LogP contribution in [0.2, 0.25) is 0 Å². The lowest BCUT2D eigenvalue weighted by atomic mass is 10.0. The molecule has 20 heavy (non-hydrogen) atoms. The minimum Gasteiger partial charge on any atom is -0.507 e. The van der Waals surface area contributed by atoms with Crippen LogP contribution in [0.5, 0.6) is 5.75 Å². The summed E-state index contributed by atoms with van der Waals surface area (Å²) in [6, 6.07) is 10.6. The van der Waals surface area contributed by atoms with E-state index in [2.05, 4.69) is 5.10 Å². The van der Waals surface area contributed by atoms with Crippen LogP contribution >= 0.6 is 0 Å². The molecule has 0 aliphatic heterocycles. The van der Waals surface area contributed by atoms with E-state index in [1.54, 1.807) is 12.1 Å². The van der Waals surface area contributed by atoms with E-state index in [0.29, 0.717) is 5.56 Å². The van der Waals surface area contributed by atoms with Gasteiger partial charge >= 0.3 is 5.91 Å². The SMILES string of the molecule is O=C(C[N+](=O)[O-])N/N=C\c1c(O)ccc2ccccc12. The fourth-order valence-electron chi connectivity index (χ4n) is 1.74. The quantitative estimate of drug-likeness (QED) is 0.497. The third-order valence-electron chi connectivity index (χ3n) is 2.60. The van der Waals surface area contributed by atoms with Crippen LogP contribution in [-0.2, 0) is 4.79 Å². The summed E-state index contributed by atoms with van der Waals surface area (Å²) in [4.78, 5) is 20.4. The summed E-state index contributed by atoms with van der Waals surface area (Å²) in [5.41, 5.74) is 2.47. The van der Waals surface area contributed by atoms with E-state index in [0.717, 1.165) is 10.8 Å². The van der Waals surface area contributed by atoms with Crippen molar-refractivity contribution in [3.05, 3.63) is 52.1 Å². The molecule has 0 saturated heterocycles. The second-order valence-corrected chi connectivity index (χ2v) is 4.00. The number of phenols is 1. The standard InChI is InChI=1S/C13H11N3O4/c17-12-6-5-9-3-1-2-4-10(9)11(12)7-14-15-13(18)8-16(19)20/h1-7,17H,8H2,(H,15,18)/b14-7-. The average molecular weight is 273 g/mol. The summed E-state index contributed by atoms with van der Waals surface area (Å²) in [6.45, 7) is -0.848. The van der Waals surface area contributed by atoms with Crippen molar-refractivity contribution in [1.29, 1.82) is 0 Å². The van der Waals surface area contributed by atoms with Gasteiger partial charge in [0.1, 0.15) is 5.75 Å². The third kappa shape index (κ3) is 3.08. The van der Waals surface area contributed by atoms with E-state index in [9.17, 15) is 20.0 Å². The summed E-state index contributed by atoms with van der Waals surface area (Å²) in [7, 11) is 0. The van der Waals surface area contributed by atoms with E-state index in [1.165, 1.54) is 12.3 Å². The van der Waals surface area contributed by atoms with Gasteiger partial charge < -0.3 is 5.11 Å². The predicted octanol–water partition coefficient (Wildman–Crippen LogP) is 1.27. The van der Waals surface area contributed by atoms with E-state index >= 15 is 0 Å². The van der Waals surface area contributed by atoms with Gasteiger partial charge in [0.25, 0.3) is 6.54 Å². The van der Waals surface area contributed by atoms with Crippen LogP contribution in [0.15, 0.2) is 41.5 Å². The number of hydrogen-bond donors (Lipinski definition) is 2. The molecule has 0 bridgehead atoms. The van der Waals surface area contributed by atoms with Gasteiger partial charge in [-0.1, -0.05) is 30.3 Å². The molecule has 7 nitrogen and oxygen atoms in total. The number of fused-ring (bicyclic) bond motifs is 1. The molecule has 2 aromatic rings. The molecule has 0 heterocycles. The van der Waals surface area contributed by atoms with E-state index in [4.69, 9.17) is 0 Å². The van der Waals surface area contributed by atoms with Crippen LogP contribution in [0.1, 0.15) is 5.56 Å². The van der Waals surface area contributed by atoms with Gasteiger partial charge in [0.2, 0.25) is 0 Å². The summed E-state index contributed by atoms with van der Waals surface area (Å²) >= 11 is 0. The number of amides is 1. The molecule has 0 spiro atoms. The molecule has 0 radical (unpaired) electrons. The lowest BCUT2D eigenvalue weighted by Gasteiger charge is -2.04. The molecule has 0 atom stereocenters. The highest BCUT2D eigenvalue weighted by atomic mass is 16.6. The van der Waals surface area contributed by atoms with Crippen molar-refractivity contribution in [2.75, 3.05) is 6.54 Å². The molecule has 0 unspecified atom stereocenters. The first kappa shape index (κ1) is 13.5. The minimum absolute atomic E-state index is 0.0102. The number of carbonyl (C=O) groups excluding carboxylic acids is 1. The summed E-state index contributed by atoms with van der Waals surface area (Å²) in [5, 5.41) is 25.2. The highest BCUT2D eigenvalue weighted by Gasteiger charge is 2.08. The van der Waals surface area contributed by atoms with Gasteiger partial charge in [0.05, 0.1) is 6.21 Å². The van der Waals surface area contributed by atoms with Crippen LogP contribution in [0, 0.1) is 10.1 Å². The zero-order chi connectivity index (χ0) is 14.5. The summed E-state index contributed by atoms with van der Waals surface area (Å²) < 4.78 is 0. The lowest BCUT2D eigenvalue weighted by molar-refractivity contribution is -0.467. The number of nitrogens with one attached hydrogen (secondary N) is 1. The Balaban J connectivity index is 2.23. The van der Waals surface area contributed by atoms with Gasteiger partial charge in [-0.05, 0) is 16.8 Å². The van der Waals surface area contributed by atoms with Crippen LogP contribution in [0.3, 0.4) is 0 Å². The van der Waals surface area contributed by atoms with Crippen molar-refractivity contribution in [3.63, 3.8) is 0 Å². The van der Waals surface area contributed by atoms with Gasteiger partial charge in [-0.3, -0.25) is 14.9 Å². The highest BCUT2D eigenvalue weighted by Crippen LogP contribution is 2.25. The molecule has 1 amide bonds. The monoisotopic (exact) mass is 273 g/mol. The fraction of sp³-hybridized carbons (Fsp3) is 0.0769. The van der Waals surface area contributed by atoms with Gasteiger partial charge in [0, 0.05) is 10.5 Å². The zero-order valence-corrected chi connectivity index (χ0v) is 10.3. The first-order valence-electron chi connectivity index (χ1n) is 5.72. The molecule has 2 rings (SSSR count). The first-order valence-corrected chi connectivity index (χ1v) is 5.72. The highest BCUT2D eigenvalue weighted by molar-refractivity contribution is 6.02. The van der Waals surface area contributed by atoms with E-state index < -0.39 is 17.4 Å². The molecular weight excluding hydrogens is 262 g/mol. The Labute approximate surface area is 113 Å². The molecule has 2 N–H and O–H groups in total. The van der Waals surface area contributed by atoms with Crippen LogP contribution < -0.4 is 5.43 Å². The van der Waals surface area contributed by atoms with Crippen molar-refractivity contribution in [1.82, 2.24) is 5.43 Å². The summed E-state index contributed by atoms with van der Waals surface area (Å²) in [6.07, 6.45) is 1.26. The topological polar surface area (TPSA) is 105 Å². The van der Waals surface area contributed by atoms with Crippen molar-refractivity contribution >= 4 is 22.9 Å². The number of carbonyl (C=O) groups is 1. The Morgan fingerprint density at radius 3 is 2.85 bits per heavy atom. The number of hydrogen-bond acceptors (Lipinski definition) is 5. The molecular formula is C13H11N3O4. The molecule has 0 saturated carbocycles. The smallest absolute Gasteiger partial charge is 0.311 e. The fourth-order valence-corrected chi connectivity index (χ4v) is 1.74. The van der Waals surface area contributed by atoms with Gasteiger partial charge in [-0.25, -0.2) is 5.43 Å². The maximum Gasteiger partial charge on any atom is 0.311 e. The first-order chi connectivity index (χ1) is 9.58. The Bertz CT molecular complexity index is 697. The van der Waals surface area contributed by atoms with Crippen LogP contribution in [0.4, 0.5) is 0 Å². The zero-order valence-electron chi connectivity index (χ0n) is 10.3. The molecule has 0 aliphatic rings. The minimum atomic E-state index is -0.848. The molecule has 0 aliphatic carbocycles.